The fourth-order valence-corrected chi connectivity index (χ4v) is 1.69. The molecule has 1 aromatic rings. The molecule has 90 valence electrons. The molecule has 1 atom stereocenters. The molecule has 0 saturated carbocycles. The zero-order chi connectivity index (χ0) is 12.0. The van der Waals surface area contributed by atoms with Crippen LogP contribution in [0.4, 0.5) is 0 Å². The molecular formula is C12H21N3O. The Bertz CT molecular complexity index is 326. The molecule has 0 aromatic carbocycles. The molecule has 2 N–H and O–H groups in total. The van der Waals surface area contributed by atoms with Crippen LogP contribution in [0.5, 0.6) is 0 Å². The third-order valence-corrected chi connectivity index (χ3v) is 2.43. The molecule has 0 spiro atoms. The van der Waals surface area contributed by atoms with Gasteiger partial charge >= 0.3 is 0 Å². The number of nitrogens with zero attached hydrogens (tertiary/aromatic N) is 2. The summed E-state index contributed by atoms with van der Waals surface area (Å²) in [5.74, 6) is 0.777. The number of aryl methyl sites for hydroxylation is 1. The zero-order valence-electron chi connectivity index (χ0n) is 10.3. The van der Waals surface area contributed by atoms with E-state index in [1.807, 2.05) is 19.9 Å². The van der Waals surface area contributed by atoms with Crippen LogP contribution in [0.2, 0.25) is 0 Å². The third kappa shape index (κ3) is 4.68. The van der Waals surface area contributed by atoms with Crippen LogP contribution in [0.25, 0.3) is 0 Å². The average Bonchev–Trinajstić information content (AvgIpc) is 2.17. The van der Waals surface area contributed by atoms with Gasteiger partial charge in [0, 0.05) is 19.3 Å². The van der Waals surface area contributed by atoms with E-state index in [2.05, 4.69) is 22.2 Å². The molecule has 0 bridgehead atoms. The molecule has 1 heterocycles. The van der Waals surface area contributed by atoms with Gasteiger partial charge in [-0.2, -0.15) is 0 Å². The summed E-state index contributed by atoms with van der Waals surface area (Å²) < 4.78 is 0. The summed E-state index contributed by atoms with van der Waals surface area (Å²) in [6.45, 7) is 7.06. The Morgan fingerprint density at radius 2 is 2.25 bits per heavy atom. The lowest BCUT2D eigenvalue weighted by molar-refractivity contribution is 0.0497. The average molecular weight is 223 g/mol. The second kappa shape index (κ2) is 5.92. The number of nitrogens with one attached hydrogen (secondary N) is 1. The van der Waals surface area contributed by atoms with Crippen molar-refractivity contribution < 1.29 is 5.11 Å². The SMILES string of the molecule is CCCC(C)(O)CNCc1ccnc(C)n1. The van der Waals surface area contributed by atoms with Crippen molar-refractivity contribution in [3.63, 3.8) is 0 Å². The number of hydrogen-bond donors (Lipinski definition) is 2. The van der Waals surface area contributed by atoms with Gasteiger partial charge in [0.25, 0.3) is 0 Å². The first kappa shape index (κ1) is 13.1. The molecule has 0 fully saturated rings. The standard InChI is InChI=1S/C12H21N3O/c1-4-6-12(3,16)9-13-8-11-5-7-14-10(2)15-11/h5,7,13,16H,4,6,8-9H2,1-3H3. The maximum atomic E-state index is 9.95. The highest BCUT2D eigenvalue weighted by Crippen LogP contribution is 2.10. The van der Waals surface area contributed by atoms with Crippen LogP contribution in [0.1, 0.15) is 38.2 Å². The van der Waals surface area contributed by atoms with Gasteiger partial charge in [0.2, 0.25) is 0 Å². The summed E-state index contributed by atoms with van der Waals surface area (Å²) in [4.78, 5) is 8.32. The van der Waals surface area contributed by atoms with Crippen LogP contribution >= 0.6 is 0 Å². The van der Waals surface area contributed by atoms with Gasteiger partial charge in [0.1, 0.15) is 5.82 Å². The minimum atomic E-state index is -0.628. The van der Waals surface area contributed by atoms with Gasteiger partial charge in [-0.3, -0.25) is 0 Å². The summed E-state index contributed by atoms with van der Waals surface area (Å²) in [6.07, 6.45) is 3.55. The van der Waals surface area contributed by atoms with E-state index in [4.69, 9.17) is 0 Å². The van der Waals surface area contributed by atoms with Crippen molar-refractivity contribution in [1.82, 2.24) is 15.3 Å². The van der Waals surface area contributed by atoms with Crippen molar-refractivity contribution in [2.75, 3.05) is 6.54 Å². The quantitative estimate of drug-likeness (QED) is 0.766. The van der Waals surface area contributed by atoms with E-state index in [-0.39, 0.29) is 0 Å². The normalized spacial score (nSPS) is 14.8. The first-order chi connectivity index (χ1) is 7.53. The van der Waals surface area contributed by atoms with E-state index in [1.165, 1.54) is 0 Å². The van der Waals surface area contributed by atoms with Gasteiger partial charge < -0.3 is 10.4 Å². The van der Waals surface area contributed by atoms with E-state index in [1.54, 1.807) is 6.20 Å². The van der Waals surface area contributed by atoms with Crippen molar-refractivity contribution in [3.05, 3.63) is 23.8 Å². The largest absolute Gasteiger partial charge is 0.389 e. The van der Waals surface area contributed by atoms with Crippen molar-refractivity contribution in [1.29, 1.82) is 0 Å². The molecular weight excluding hydrogens is 202 g/mol. The Labute approximate surface area is 97.1 Å². The lowest BCUT2D eigenvalue weighted by Crippen LogP contribution is -2.37. The Balaban J connectivity index is 2.35. The molecule has 1 rings (SSSR count). The number of hydrogen-bond acceptors (Lipinski definition) is 4. The smallest absolute Gasteiger partial charge is 0.125 e. The maximum Gasteiger partial charge on any atom is 0.125 e. The van der Waals surface area contributed by atoms with Gasteiger partial charge in [-0.15, -0.1) is 0 Å². The van der Waals surface area contributed by atoms with Gasteiger partial charge in [-0.05, 0) is 26.3 Å². The molecule has 0 aliphatic rings. The minimum absolute atomic E-state index is 0.587. The van der Waals surface area contributed by atoms with E-state index >= 15 is 0 Å². The number of rotatable bonds is 6. The van der Waals surface area contributed by atoms with Crippen LogP contribution in [-0.4, -0.2) is 27.2 Å². The molecule has 0 amide bonds. The van der Waals surface area contributed by atoms with E-state index in [0.29, 0.717) is 13.1 Å². The van der Waals surface area contributed by atoms with Crippen molar-refractivity contribution in [3.8, 4) is 0 Å². The van der Waals surface area contributed by atoms with Gasteiger partial charge in [-0.25, -0.2) is 9.97 Å². The Hall–Kier alpha value is -1.00. The fourth-order valence-electron chi connectivity index (χ4n) is 1.69. The summed E-state index contributed by atoms with van der Waals surface area (Å²) in [6, 6.07) is 1.88. The summed E-state index contributed by atoms with van der Waals surface area (Å²) >= 11 is 0. The van der Waals surface area contributed by atoms with Gasteiger partial charge in [0.15, 0.2) is 0 Å². The van der Waals surface area contributed by atoms with Crippen LogP contribution in [0.15, 0.2) is 12.3 Å². The van der Waals surface area contributed by atoms with Gasteiger partial charge in [-0.1, -0.05) is 13.3 Å². The predicted octanol–water partition coefficient (Wildman–Crippen LogP) is 1.43. The Kier molecular flexibility index (Phi) is 4.83. The van der Waals surface area contributed by atoms with Crippen LogP contribution < -0.4 is 5.32 Å². The van der Waals surface area contributed by atoms with E-state index < -0.39 is 5.60 Å². The Morgan fingerprint density at radius 3 is 2.88 bits per heavy atom. The molecule has 1 unspecified atom stereocenters. The van der Waals surface area contributed by atoms with Crippen molar-refractivity contribution >= 4 is 0 Å². The minimum Gasteiger partial charge on any atom is -0.389 e. The highest BCUT2D eigenvalue weighted by Gasteiger charge is 2.17. The molecule has 16 heavy (non-hydrogen) atoms. The second-order valence-corrected chi connectivity index (χ2v) is 4.45. The first-order valence-electron chi connectivity index (χ1n) is 5.75. The third-order valence-electron chi connectivity index (χ3n) is 2.43. The lowest BCUT2D eigenvalue weighted by atomic mass is 10.0. The highest BCUT2D eigenvalue weighted by atomic mass is 16.3. The van der Waals surface area contributed by atoms with Crippen LogP contribution in [0, 0.1) is 6.92 Å². The molecule has 0 radical (unpaired) electrons. The molecule has 0 aliphatic heterocycles. The fraction of sp³-hybridized carbons (Fsp3) is 0.667. The molecule has 4 heteroatoms. The summed E-state index contributed by atoms with van der Waals surface area (Å²) in [7, 11) is 0. The van der Waals surface area contributed by atoms with Crippen LogP contribution in [-0.2, 0) is 6.54 Å². The summed E-state index contributed by atoms with van der Waals surface area (Å²) in [5.41, 5.74) is 0.330. The monoisotopic (exact) mass is 223 g/mol. The van der Waals surface area contributed by atoms with Crippen LogP contribution in [0.3, 0.4) is 0 Å². The van der Waals surface area contributed by atoms with Crippen molar-refractivity contribution in [2.24, 2.45) is 0 Å². The topological polar surface area (TPSA) is 58.0 Å². The lowest BCUT2D eigenvalue weighted by Gasteiger charge is -2.22. The molecule has 0 saturated heterocycles. The van der Waals surface area contributed by atoms with E-state index in [9.17, 15) is 5.11 Å². The first-order valence-corrected chi connectivity index (χ1v) is 5.75. The Morgan fingerprint density at radius 1 is 1.50 bits per heavy atom. The number of aromatic nitrogens is 2. The number of aliphatic hydroxyl groups is 1. The molecule has 1 aromatic heterocycles. The zero-order valence-corrected chi connectivity index (χ0v) is 10.3. The maximum absolute atomic E-state index is 9.95. The molecule has 0 aliphatic carbocycles. The predicted molar refractivity (Wildman–Crippen MR) is 64.0 cm³/mol. The van der Waals surface area contributed by atoms with Gasteiger partial charge in [0.05, 0.1) is 11.3 Å². The summed E-state index contributed by atoms with van der Waals surface area (Å²) in [5, 5.41) is 13.2. The molecule has 4 nitrogen and oxygen atoms in total. The highest BCUT2D eigenvalue weighted by molar-refractivity contribution is 5.01. The van der Waals surface area contributed by atoms with E-state index in [0.717, 1.165) is 24.4 Å². The second-order valence-electron chi connectivity index (χ2n) is 4.45. The van der Waals surface area contributed by atoms with Crippen molar-refractivity contribution in [2.45, 2.75) is 45.8 Å².